The Hall–Kier alpha value is -1.52. The fourth-order valence-electron chi connectivity index (χ4n) is 3.18. The maximum atomic E-state index is 13.2. The van der Waals surface area contributed by atoms with E-state index in [0.717, 1.165) is 42.5 Å². The molecule has 0 radical (unpaired) electrons. The quantitative estimate of drug-likeness (QED) is 0.939. The third-order valence-electron chi connectivity index (χ3n) is 4.29. The molecule has 0 bridgehead atoms. The molecular weight excluding hydrogens is 267 g/mol. The third kappa shape index (κ3) is 3.39. The topological polar surface area (TPSA) is 36.4 Å². The van der Waals surface area contributed by atoms with Gasteiger partial charge in [0.15, 0.2) is 0 Å². The number of nitrogens with zero attached hydrogens (tertiary/aromatic N) is 2. The van der Waals surface area contributed by atoms with E-state index in [1.165, 1.54) is 25.0 Å². The van der Waals surface area contributed by atoms with Gasteiger partial charge in [0.2, 0.25) is 0 Å². The van der Waals surface area contributed by atoms with E-state index in [1.54, 1.807) is 6.07 Å². The molecular formula is C17H21FN2O. The van der Waals surface area contributed by atoms with E-state index < -0.39 is 0 Å². The summed E-state index contributed by atoms with van der Waals surface area (Å²) in [5.74, 6) is -0.226. The number of aliphatic hydroxyl groups excluding tert-OH is 1. The summed E-state index contributed by atoms with van der Waals surface area (Å²) >= 11 is 0. The minimum absolute atomic E-state index is 0.226. The van der Waals surface area contributed by atoms with Crippen LogP contribution < -0.4 is 0 Å². The van der Waals surface area contributed by atoms with Crippen molar-refractivity contribution >= 4 is 10.9 Å². The van der Waals surface area contributed by atoms with Crippen LogP contribution in [-0.2, 0) is 6.54 Å². The summed E-state index contributed by atoms with van der Waals surface area (Å²) in [6, 6.07) is 9.07. The number of halogens is 1. The van der Waals surface area contributed by atoms with E-state index in [-0.39, 0.29) is 12.4 Å². The summed E-state index contributed by atoms with van der Waals surface area (Å²) in [6.45, 7) is 2.11. The number of aromatic nitrogens is 1. The molecule has 3 rings (SSSR count). The zero-order valence-corrected chi connectivity index (χ0v) is 12.1. The second-order valence-electron chi connectivity index (χ2n) is 5.77. The average Bonchev–Trinajstić information content (AvgIpc) is 2.50. The van der Waals surface area contributed by atoms with E-state index >= 15 is 0 Å². The minimum Gasteiger partial charge on any atom is -0.396 e. The largest absolute Gasteiger partial charge is 0.396 e. The maximum Gasteiger partial charge on any atom is 0.123 e. The minimum atomic E-state index is -0.226. The lowest BCUT2D eigenvalue weighted by molar-refractivity contribution is 0.111. The molecule has 0 aliphatic carbocycles. The monoisotopic (exact) mass is 288 g/mol. The van der Waals surface area contributed by atoms with E-state index in [0.29, 0.717) is 6.04 Å². The molecule has 1 fully saturated rings. The molecule has 1 aromatic heterocycles. The first-order valence-electron chi connectivity index (χ1n) is 7.66. The van der Waals surface area contributed by atoms with Crippen LogP contribution in [0.5, 0.6) is 0 Å². The van der Waals surface area contributed by atoms with Gasteiger partial charge in [0, 0.05) is 24.6 Å². The molecule has 0 spiro atoms. The first-order chi connectivity index (χ1) is 10.3. The van der Waals surface area contributed by atoms with E-state index in [2.05, 4.69) is 9.88 Å². The molecule has 2 heterocycles. The van der Waals surface area contributed by atoms with Gasteiger partial charge in [-0.1, -0.05) is 12.5 Å². The number of fused-ring (bicyclic) bond motifs is 1. The highest BCUT2D eigenvalue weighted by atomic mass is 19.1. The van der Waals surface area contributed by atoms with Gasteiger partial charge in [-0.2, -0.15) is 0 Å². The van der Waals surface area contributed by atoms with E-state index in [9.17, 15) is 9.50 Å². The van der Waals surface area contributed by atoms with Crippen molar-refractivity contribution < 1.29 is 9.50 Å². The molecule has 112 valence electrons. The van der Waals surface area contributed by atoms with Crippen LogP contribution in [0.15, 0.2) is 30.3 Å². The van der Waals surface area contributed by atoms with Gasteiger partial charge in [0.05, 0.1) is 11.2 Å². The van der Waals surface area contributed by atoms with E-state index in [1.807, 2.05) is 12.1 Å². The highest BCUT2D eigenvalue weighted by molar-refractivity contribution is 5.78. The Kier molecular flexibility index (Phi) is 4.46. The molecule has 1 saturated heterocycles. The molecule has 4 heteroatoms. The first-order valence-corrected chi connectivity index (χ1v) is 7.66. The van der Waals surface area contributed by atoms with Gasteiger partial charge in [-0.3, -0.25) is 9.88 Å². The number of rotatable bonds is 4. The Morgan fingerprint density at radius 3 is 3.00 bits per heavy atom. The molecule has 2 aromatic rings. The molecule has 1 atom stereocenters. The second kappa shape index (κ2) is 6.50. The fourth-order valence-corrected chi connectivity index (χ4v) is 3.18. The van der Waals surface area contributed by atoms with Crippen LogP contribution in [0.4, 0.5) is 4.39 Å². The molecule has 1 N–H and O–H groups in total. The molecule has 3 nitrogen and oxygen atoms in total. The Labute approximate surface area is 124 Å². The molecule has 1 aromatic carbocycles. The zero-order chi connectivity index (χ0) is 14.7. The van der Waals surface area contributed by atoms with Crippen molar-refractivity contribution in [2.45, 2.75) is 38.3 Å². The Morgan fingerprint density at radius 1 is 1.24 bits per heavy atom. The first kappa shape index (κ1) is 14.4. The number of hydrogen-bond acceptors (Lipinski definition) is 3. The van der Waals surface area contributed by atoms with Crippen LogP contribution in [0.3, 0.4) is 0 Å². The number of likely N-dealkylation sites (tertiary alicyclic amines) is 1. The van der Waals surface area contributed by atoms with Gasteiger partial charge >= 0.3 is 0 Å². The Morgan fingerprint density at radius 2 is 2.14 bits per heavy atom. The fraction of sp³-hybridized carbons (Fsp3) is 0.471. The number of aliphatic hydroxyl groups is 1. The van der Waals surface area contributed by atoms with Crippen molar-refractivity contribution in [3.8, 4) is 0 Å². The average molecular weight is 288 g/mol. The molecule has 1 aliphatic rings. The summed E-state index contributed by atoms with van der Waals surface area (Å²) in [5.41, 5.74) is 1.85. The van der Waals surface area contributed by atoms with Crippen molar-refractivity contribution in [1.82, 2.24) is 9.88 Å². The van der Waals surface area contributed by atoms with Crippen LogP contribution in [0.2, 0.25) is 0 Å². The van der Waals surface area contributed by atoms with Gasteiger partial charge in [-0.15, -0.1) is 0 Å². The highest BCUT2D eigenvalue weighted by Crippen LogP contribution is 2.22. The molecule has 0 saturated carbocycles. The van der Waals surface area contributed by atoms with Crippen molar-refractivity contribution in [3.63, 3.8) is 0 Å². The van der Waals surface area contributed by atoms with Crippen molar-refractivity contribution in [2.75, 3.05) is 13.2 Å². The smallest absolute Gasteiger partial charge is 0.123 e. The third-order valence-corrected chi connectivity index (χ3v) is 4.29. The normalized spacial score (nSPS) is 20.0. The SMILES string of the molecule is OCCC1CCCCN1Cc1ccc2cc(F)ccc2n1. The lowest BCUT2D eigenvalue weighted by Gasteiger charge is -2.35. The Bertz CT molecular complexity index is 615. The lowest BCUT2D eigenvalue weighted by atomic mass is 9.99. The number of benzene rings is 1. The van der Waals surface area contributed by atoms with Gasteiger partial charge in [0.25, 0.3) is 0 Å². The van der Waals surface area contributed by atoms with Crippen molar-refractivity contribution in [3.05, 3.63) is 41.8 Å². The molecule has 21 heavy (non-hydrogen) atoms. The van der Waals surface area contributed by atoms with Crippen LogP contribution in [-0.4, -0.2) is 34.2 Å². The number of pyridine rings is 1. The second-order valence-corrected chi connectivity index (χ2v) is 5.77. The highest BCUT2D eigenvalue weighted by Gasteiger charge is 2.22. The maximum absolute atomic E-state index is 13.2. The lowest BCUT2D eigenvalue weighted by Crippen LogP contribution is -2.39. The van der Waals surface area contributed by atoms with Crippen LogP contribution in [0, 0.1) is 5.82 Å². The summed E-state index contributed by atoms with van der Waals surface area (Å²) in [7, 11) is 0. The molecule has 1 unspecified atom stereocenters. The Balaban J connectivity index is 1.78. The molecule has 1 aliphatic heterocycles. The van der Waals surface area contributed by atoms with Crippen LogP contribution in [0.25, 0.3) is 10.9 Å². The summed E-state index contributed by atoms with van der Waals surface area (Å²) in [4.78, 5) is 7.05. The van der Waals surface area contributed by atoms with Gasteiger partial charge < -0.3 is 5.11 Å². The van der Waals surface area contributed by atoms with Crippen LogP contribution in [0.1, 0.15) is 31.4 Å². The molecule has 0 amide bonds. The van der Waals surface area contributed by atoms with Crippen LogP contribution >= 0.6 is 0 Å². The van der Waals surface area contributed by atoms with Crippen molar-refractivity contribution in [1.29, 1.82) is 0 Å². The summed E-state index contributed by atoms with van der Waals surface area (Å²) in [6.07, 6.45) is 4.43. The predicted molar refractivity (Wildman–Crippen MR) is 81.5 cm³/mol. The standard InChI is InChI=1S/C17H21FN2O/c18-14-5-7-17-13(11-14)4-6-15(19-17)12-20-9-2-1-3-16(20)8-10-21/h4-7,11,16,21H,1-3,8-10,12H2. The number of piperidine rings is 1. The number of hydrogen-bond donors (Lipinski definition) is 1. The zero-order valence-electron chi connectivity index (χ0n) is 12.1. The summed E-state index contributed by atoms with van der Waals surface area (Å²) in [5, 5.41) is 10.0. The van der Waals surface area contributed by atoms with Crippen molar-refractivity contribution in [2.24, 2.45) is 0 Å². The van der Waals surface area contributed by atoms with Gasteiger partial charge in [-0.05, 0) is 50.1 Å². The van der Waals surface area contributed by atoms with E-state index in [4.69, 9.17) is 0 Å². The van der Waals surface area contributed by atoms with Gasteiger partial charge in [-0.25, -0.2) is 4.39 Å². The summed E-state index contributed by atoms with van der Waals surface area (Å²) < 4.78 is 13.2. The van der Waals surface area contributed by atoms with Gasteiger partial charge in [0.1, 0.15) is 5.82 Å². The predicted octanol–water partition coefficient (Wildman–Crippen LogP) is 3.11.